The number of piperazine rings is 1. The molecule has 12 heteroatoms. The number of carbonyl (C=O) groups is 3. The van der Waals surface area contributed by atoms with Gasteiger partial charge in [0.15, 0.2) is 4.34 Å². The zero-order chi connectivity index (χ0) is 23.3. The van der Waals surface area contributed by atoms with Crippen molar-refractivity contribution in [3.8, 4) is 0 Å². The van der Waals surface area contributed by atoms with Crippen LogP contribution in [0.3, 0.4) is 0 Å². The van der Waals surface area contributed by atoms with Crippen molar-refractivity contribution < 1.29 is 19.1 Å². The van der Waals surface area contributed by atoms with Crippen molar-refractivity contribution in [1.29, 1.82) is 0 Å². The van der Waals surface area contributed by atoms with E-state index in [0.29, 0.717) is 42.3 Å². The smallest absolute Gasteiger partial charge is 0.409 e. The minimum atomic E-state index is -0.477. The number of nitrogens with zero attached hydrogens (tertiary/aromatic N) is 4. The molecule has 0 spiro atoms. The maximum absolute atomic E-state index is 13.2. The third kappa shape index (κ3) is 5.49. The molecule has 0 bridgehead atoms. The van der Waals surface area contributed by atoms with E-state index in [1.54, 1.807) is 28.1 Å². The first-order valence-electron chi connectivity index (χ1n) is 11.0. The SMILES string of the molecule is CCOC(=O)N1CCN(C(=O)CSc2nnc(NC(=O)C3(c4cccs4)CCCC3)s2)CC1. The van der Waals surface area contributed by atoms with E-state index in [1.807, 2.05) is 17.5 Å². The maximum atomic E-state index is 13.2. The van der Waals surface area contributed by atoms with E-state index < -0.39 is 5.41 Å². The topological polar surface area (TPSA) is 105 Å². The van der Waals surface area contributed by atoms with Gasteiger partial charge in [0.25, 0.3) is 0 Å². The predicted molar refractivity (Wildman–Crippen MR) is 129 cm³/mol. The number of nitrogens with one attached hydrogen (secondary N) is 1. The largest absolute Gasteiger partial charge is 0.450 e. The Hall–Kier alpha value is -2.18. The van der Waals surface area contributed by atoms with Gasteiger partial charge in [0.05, 0.1) is 17.8 Å². The van der Waals surface area contributed by atoms with Gasteiger partial charge in [-0.1, -0.05) is 42.0 Å². The second-order valence-electron chi connectivity index (χ2n) is 7.95. The van der Waals surface area contributed by atoms with Gasteiger partial charge in [-0.05, 0) is 31.2 Å². The molecule has 2 aromatic heterocycles. The average molecular weight is 510 g/mol. The molecule has 0 aromatic carbocycles. The average Bonchev–Trinajstić information content (AvgIpc) is 3.60. The molecule has 3 heterocycles. The molecule has 1 aliphatic heterocycles. The molecular weight excluding hydrogens is 482 g/mol. The Morgan fingerprint density at radius 2 is 1.88 bits per heavy atom. The molecule has 2 fully saturated rings. The van der Waals surface area contributed by atoms with Gasteiger partial charge in [-0.25, -0.2) is 4.79 Å². The monoisotopic (exact) mass is 509 g/mol. The normalized spacial score (nSPS) is 17.7. The van der Waals surface area contributed by atoms with E-state index in [9.17, 15) is 14.4 Å². The van der Waals surface area contributed by atoms with Crippen molar-refractivity contribution in [1.82, 2.24) is 20.0 Å². The van der Waals surface area contributed by atoms with Gasteiger partial charge in [-0.15, -0.1) is 21.5 Å². The number of hydrogen-bond acceptors (Lipinski definition) is 9. The molecule has 1 N–H and O–H groups in total. The van der Waals surface area contributed by atoms with Gasteiger partial charge in [-0.3, -0.25) is 14.9 Å². The molecule has 1 saturated heterocycles. The highest BCUT2D eigenvalue weighted by Gasteiger charge is 2.43. The highest BCUT2D eigenvalue weighted by molar-refractivity contribution is 8.01. The standard InChI is InChI=1S/C21H27N5O4S3/c1-2-30-20(29)26-11-9-25(10-12-26)16(27)14-32-19-24-23-18(33-19)22-17(28)21(7-3-4-8-21)15-6-5-13-31-15/h5-6,13H,2-4,7-12,14H2,1H3,(H,22,23,28). The van der Waals surface area contributed by atoms with Crippen molar-refractivity contribution in [3.63, 3.8) is 0 Å². The fourth-order valence-electron chi connectivity index (χ4n) is 4.22. The van der Waals surface area contributed by atoms with Crippen LogP contribution in [0.2, 0.25) is 0 Å². The third-order valence-corrected chi connectivity index (χ3v) is 9.02. The van der Waals surface area contributed by atoms with Crippen molar-refractivity contribution in [2.45, 2.75) is 42.4 Å². The second-order valence-corrected chi connectivity index (χ2v) is 11.1. The molecule has 4 rings (SSSR count). The van der Waals surface area contributed by atoms with Gasteiger partial charge in [0.1, 0.15) is 0 Å². The Balaban J connectivity index is 1.27. The molecule has 0 atom stereocenters. The number of rotatable bonds is 7. The molecule has 0 radical (unpaired) electrons. The molecule has 178 valence electrons. The van der Waals surface area contributed by atoms with Crippen LogP contribution in [0.1, 0.15) is 37.5 Å². The van der Waals surface area contributed by atoms with Crippen LogP contribution >= 0.6 is 34.4 Å². The van der Waals surface area contributed by atoms with E-state index in [0.717, 1.165) is 30.6 Å². The van der Waals surface area contributed by atoms with Crippen molar-refractivity contribution in [2.24, 2.45) is 0 Å². The number of aromatic nitrogens is 2. The van der Waals surface area contributed by atoms with Crippen LogP contribution in [0.25, 0.3) is 0 Å². The number of amides is 3. The van der Waals surface area contributed by atoms with Crippen LogP contribution in [0.4, 0.5) is 9.93 Å². The number of ether oxygens (including phenoxy) is 1. The number of thiophene rings is 1. The van der Waals surface area contributed by atoms with Gasteiger partial charge in [0.2, 0.25) is 16.9 Å². The summed E-state index contributed by atoms with van der Waals surface area (Å²) in [6.45, 7) is 4.02. The summed E-state index contributed by atoms with van der Waals surface area (Å²) in [5, 5.41) is 13.7. The van der Waals surface area contributed by atoms with E-state index in [1.165, 1.54) is 23.1 Å². The highest BCUT2D eigenvalue weighted by Crippen LogP contribution is 2.44. The molecule has 2 aromatic rings. The summed E-state index contributed by atoms with van der Waals surface area (Å²) in [5.74, 6) is 0.207. The Morgan fingerprint density at radius 3 is 2.55 bits per heavy atom. The molecule has 1 aliphatic carbocycles. The van der Waals surface area contributed by atoms with Gasteiger partial charge < -0.3 is 14.5 Å². The molecule has 3 amide bonds. The summed E-state index contributed by atoms with van der Waals surface area (Å²) in [6.07, 6.45) is 3.44. The van der Waals surface area contributed by atoms with E-state index in [4.69, 9.17) is 4.74 Å². The van der Waals surface area contributed by atoms with Gasteiger partial charge in [0, 0.05) is 31.1 Å². The van der Waals surface area contributed by atoms with E-state index >= 15 is 0 Å². The first-order valence-corrected chi connectivity index (χ1v) is 13.7. The fraction of sp³-hybridized carbons (Fsp3) is 0.571. The fourth-order valence-corrected chi connectivity index (χ4v) is 6.85. The number of anilines is 1. The summed E-state index contributed by atoms with van der Waals surface area (Å²) < 4.78 is 5.65. The predicted octanol–water partition coefficient (Wildman–Crippen LogP) is 3.44. The van der Waals surface area contributed by atoms with Crippen molar-refractivity contribution in [2.75, 3.05) is 43.9 Å². The first-order chi connectivity index (χ1) is 16.0. The quantitative estimate of drug-likeness (QED) is 0.450. The van der Waals surface area contributed by atoms with Crippen LogP contribution in [0.15, 0.2) is 21.9 Å². The third-order valence-electron chi connectivity index (χ3n) is 5.99. The highest BCUT2D eigenvalue weighted by atomic mass is 32.2. The van der Waals surface area contributed by atoms with E-state index in [-0.39, 0.29) is 23.7 Å². The summed E-state index contributed by atoms with van der Waals surface area (Å²) in [4.78, 5) is 42.0. The lowest BCUT2D eigenvalue weighted by molar-refractivity contribution is -0.130. The van der Waals surface area contributed by atoms with Crippen LogP contribution < -0.4 is 5.32 Å². The first kappa shape index (κ1) is 24.0. The molecule has 1 saturated carbocycles. The zero-order valence-corrected chi connectivity index (χ0v) is 20.9. The lowest BCUT2D eigenvalue weighted by atomic mass is 9.83. The minimum absolute atomic E-state index is 0.00750. The Labute approximate surface area is 204 Å². The molecule has 9 nitrogen and oxygen atoms in total. The summed E-state index contributed by atoms with van der Waals surface area (Å²) in [5.41, 5.74) is -0.477. The summed E-state index contributed by atoms with van der Waals surface area (Å²) in [7, 11) is 0. The lowest BCUT2D eigenvalue weighted by Crippen LogP contribution is -2.51. The molecular formula is C21H27N5O4S3. The molecule has 2 aliphatic rings. The van der Waals surface area contributed by atoms with Crippen molar-refractivity contribution >= 4 is 57.5 Å². The van der Waals surface area contributed by atoms with Gasteiger partial charge >= 0.3 is 6.09 Å². The summed E-state index contributed by atoms with van der Waals surface area (Å²) >= 11 is 4.22. The molecule has 33 heavy (non-hydrogen) atoms. The lowest BCUT2D eigenvalue weighted by Gasteiger charge is -2.33. The van der Waals surface area contributed by atoms with Crippen molar-refractivity contribution in [3.05, 3.63) is 22.4 Å². The van der Waals surface area contributed by atoms with Crippen LogP contribution in [0.5, 0.6) is 0 Å². The Kier molecular flexibility index (Phi) is 7.86. The molecule has 0 unspecified atom stereocenters. The minimum Gasteiger partial charge on any atom is -0.450 e. The maximum Gasteiger partial charge on any atom is 0.409 e. The van der Waals surface area contributed by atoms with E-state index in [2.05, 4.69) is 15.5 Å². The van der Waals surface area contributed by atoms with Crippen LogP contribution in [0, 0.1) is 0 Å². The number of thioether (sulfide) groups is 1. The number of carbonyl (C=O) groups excluding carboxylic acids is 3. The zero-order valence-electron chi connectivity index (χ0n) is 18.4. The summed E-state index contributed by atoms with van der Waals surface area (Å²) in [6, 6.07) is 4.02. The Morgan fingerprint density at radius 1 is 1.15 bits per heavy atom. The van der Waals surface area contributed by atoms with Gasteiger partial charge in [-0.2, -0.15) is 0 Å². The second kappa shape index (κ2) is 10.8. The number of hydrogen-bond donors (Lipinski definition) is 1. The van der Waals surface area contributed by atoms with Crippen LogP contribution in [-0.2, 0) is 19.7 Å². The van der Waals surface area contributed by atoms with Crippen LogP contribution in [-0.4, -0.2) is 76.4 Å². The Bertz CT molecular complexity index is 966.